The van der Waals surface area contributed by atoms with Gasteiger partial charge in [0, 0.05) is 25.9 Å². The second kappa shape index (κ2) is 5.97. The highest BCUT2D eigenvalue weighted by molar-refractivity contribution is 5.97. The van der Waals surface area contributed by atoms with Gasteiger partial charge >= 0.3 is 0 Å². The minimum Gasteiger partial charge on any atom is -0.372 e. The predicted molar refractivity (Wildman–Crippen MR) is 84.9 cm³/mol. The number of aryl methyl sites for hydroxylation is 2. The Kier molecular flexibility index (Phi) is 4.15. The molecule has 1 aromatic rings. The Morgan fingerprint density at radius 1 is 1.35 bits per heavy atom. The number of likely N-dealkylation sites (tertiary alicyclic amines) is 1. The molecule has 124 valence electrons. The monoisotopic (exact) mass is 316 g/mol. The van der Waals surface area contributed by atoms with Crippen LogP contribution in [0, 0.1) is 25.2 Å². The van der Waals surface area contributed by atoms with E-state index >= 15 is 0 Å². The molecule has 0 radical (unpaired) electrons. The fraction of sp³-hybridized carbons (Fsp3) is 0.706. The van der Waals surface area contributed by atoms with Gasteiger partial charge in [-0.2, -0.15) is 10.4 Å². The van der Waals surface area contributed by atoms with Crippen LogP contribution in [0.1, 0.15) is 53.8 Å². The smallest absolute Gasteiger partial charge is 0.258 e. The Morgan fingerprint density at radius 3 is 2.65 bits per heavy atom. The number of ether oxygens (including phenoxy) is 1. The summed E-state index contributed by atoms with van der Waals surface area (Å²) in [5.74, 6) is -0.0899. The van der Waals surface area contributed by atoms with Crippen LogP contribution >= 0.6 is 0 Å². The number of amides is 1. The van der Waals surface area contributed by atoms with Crippen molar-refractivity contribution in [2.45, 2.75) is 57.6 Å². The first-order valence-corrected chi connectivity index (χ1v) is 8.35. The number of hydrogen-bond donors (Lipinski definition) is 0. The Balaban J connectivity index is 1.94. The number of nitrogens with zero attached hydrogens (tertiary/aromatic N) is 4. The molecule has 3 rings (SSSR count). The van der Waals surface area contributed by atoms with E-state index in [1.165, 1.54) is 0 Å². The maximum atomic E-state index is 13.1. The molecule has 2 atom stereocenters. The van der Waals surface area contributed by atoms with Gasteiger partial charge in [0.2, 0.25) is 0 Å². The number of nitriles is 1. The summed E-state index contributed by atoms with van der Waals surface area (Å²) in [6.45, 7) is 5.03. The van der Waals surface area contributed by atoms with Crippen LogP contribution in [0.5, 0.6) is 0 Å². The van der Waals surface area contributed by atoms with Crippen molar-refractivity contribution in [3.8, 4) is 6.07 Å². The van der Waals surface area contributed by atoms with Crippen molar-refractivity contribution in [2.24, 2.45) is 7.05 Å². The van der Waals surface area contributed by atoms with Crippen molar-refractivity contribution in [1.82, 2.24) is 14.7 Å². The lowest BCUT2D eigenvalue weighted by Crippen LogP contribution is -2.60. The molecule has 2 saturated heterocycles. The molecule has 0 N–H and O–H groups in total. The lowest BCUT2D eigenvalue weighted by molar-refractivity contribution is -0.128. The molecule has 1 aromatic heterocycles. The van der Waals surface area contributed by atoms with Gasteiger partial charge < -0.3 is 9.64 Å². The molecule has 2 fully saturated rings. The molecular formula is C17H24N4O2. The van der Waals surface area contributed by atoms with Crippen molar-refractivity contribution in [2.75, 3.05) is 13.2 Å². The zero-order chi connectivity index (χ0) is 16.6. The molecular weight excluding hydrogens is 292 g/mol. The highest BCUT2D eigenvalue weighted by Crippen LogP contribution is 2.39. The lowest BCUT2D eigenvalue weighted by Gasteiger charge is -2.48. The Bertz CT molecular complexity index is 647. The van der Waals surface area contributed by atoms with Crippen LogP contribution in [0.4, 0.5) is 0 Å². The van der Waals surface area contributed by atoms with Crippen LogP contribution in [-0.2, 0) is 11.8 Å². The summed E-state index contributed by atoms with van der Waals surface area (Å²) in [4.78, 5) is 14.8. The van der Waals surface area contributed by atoms with Crippen LogP contribution in [0.3, 0.4) is 0 Å². The maximum absolute atomic E-state index is 13.1. The van der Waals surface area contributed by atoms with Gasteiger partial charge in [-0.1, -0.05) is 0 Å². The molecule has 0 bridgehead atoms. The van der Waals surface area contributed by atoms with Crippen molar-refractivity contribution in [3.05, 3.63) is 17.0 Å². The second-order valence-corrected chi connectivity index (χ2v) is 6.67. The first-order valence-electron chi connectivity index (χ1n) is 8.35. The van der Waals surface area contributed by atoms with E-state index in [2.05, 4.69) is 11.2 Å². The van der Waals surface area contributed by atoms with E-state index in [4.69, 9.17) is 4.74 Å². The van der Waals surface area contributed by atoms with Gasteiger partial charge in [-0.05, 0) is 46.0 Å². The van der Waals surface area contributed by atoms with E-state index in [0.29, 0.717) is 18.7 Å². The van der Waals surface area contributed by atoms with Crippen molar-refractivity contribution in [3.63, 3.8) is 0 Å². The Morgan fingerprint density at radius 2 is 2.09 bits per heavy atom. The van der Waals surface area contributed by atoms with Crippen LogP contribution in [0.2, 0.25) is 0 Å². The summed E-state index contributed by atoms with van der Waals surface area (Å²) >= 11 is 0. The number of rotatable bonds is 1. The summed E-state index contributed by atoms with van der Waals surface area (Å²) in [5.41, 5.74) is 1.70. The van der Waals surface area contributed by atoms with Crippen molar-refractivity contribution in [1.29, 1.82) is 5.26 Å². The molecule has 1 spiro atoms. The number of carbonyl (C=O) groups is 1. The van der Waals surface area contributed by atoms with Gasteiger partial charge in [0.1, 0.15) is 11.6 Å². The van der Waals surface area contributed by atoms with Gasteiger partial charge in [-0.3, -0.25) is 9.48 Å². The highest BCUT2D eigenvalue weighted by atomic mass is 16.5. The number of piperidine rings is 1. The highest BCUT2D eigenvalue weighted by Gasteiger charge is 2.49. The van der Waals surface area contributed by atoms with Crippen LogP contribution in [0.25, 0.3) is 0 Å². The number of hydrogen-bond acceptors (Lipinski definition) is 4. The third-order valence-corrected chi connectivity index (χ3v) is 5.30. The first kappa shape index (κ1) is 16.0. The van der Waals surface area contributed by atoms with E-state index < -0.39 is 11.6 Å². The quantitative estimate of drug-likeness (QED) is 0.795. The summed E-state index contributed by atoms with van der Waals surface area (Å²) in [5, 5.41) is 14.1. The Labute approximate surface area is 137 Å². The third-order valence-electron chi connectivity index (χ3n) is 5.30. The average molecular weight is 316 g/mol. The van der Waals surface area contributed by atoms with E-state index in [9.17, 15) is 10.1 Å². The SMILES string of the molecule is Cc1nn(C)c(C)c1C(=O)N1CCC[C@@]2(CCCCO2)[C@@H]1C#N. The molecule has 0 aromatic carbocycles. The summed E-state index contributed by atoms with van der Waals surface area (Å²) in [6.07, 6.45) is 4.70. The fourth-order valence-electron chi connectivity index (χ4n) is 4.02. The normalized spacial score (nSPS) is 27.9. The minimum absolute atomic E-state index is 0.0899. The Hall–Kier alpha value is -1.87. The molecule has 6 nitrogen and oxygen atoms in total. The summed E-state index contributed by atoms with van der Waals surface area (Å²) in [7, 11) is 1.84. The molecule has 0 unspecified atom stereocenters. The predicted octanol–water partition coefficient (Wildman–Crippen LogP) is 2.10. The van der Waals surface area contributed by atoms with Crippen LogP contribution in [0.15, 0.2) is 0 Å². The van der Waals surface area contributed by atoms with Crippen molar-refractivity contribution < 1.29 is 9.53 Å². The third kappa shape index (κ3) is 2.53. The maximum Gasteiger partial charge on any atom is 0.258 e. The minimum atomic E-state index is -0.511. The summed E-state index contributed by atoms with van der Waals surface area (Å²) < 4.78 is 7.78. The van der Waals surface area contributed by atoms with Gasteiger partial charge in [-0.25, -0.2) is 0 Å². The van der Waals surface area contributed by atoms with Crippen LogP contribution in [-0.4, -0.2) is 45.4 Å². The molecule has 3 heterocycles. The van der Waals surface area contributed by atoms with Crippen LogP contribution < -0.4 is 0 Å². The number of carbonyl (C=O) groups excluding carboxylic acids is 1. The zero-order valence-corrected chi connectivity index (χ0v) is 14.1. The molecule has 0 saturated carbocycles. The van der Waals surface area contributed by atoms with E-state index in [-0.39, 0.29) is 5.91 Å². The molecule has 2 aliphatic heterocycles. The fourth-order valence-corrected chi connectivity index (χ4v) is 4.02. The van der Waals surface area contributed by atoms with Gasteiger partial charge in [0.15, 0.2) is 0 Å². The lowest BCUT2D eigenvalue weighted by atomic mass is 9.79. The van der Waals surface area contributed by atoms with Gasteiger partial charge in [-0.15, -0.1) is 0 Å². The largest absolute Gasteiger partial charge is 0.372 e. The zero-order valence-electron chi connectivity index (χ0n) is 14.1. The topological polar surface area (TPSA) is 71.2 Å². The first-order chi connectivity index (χ1) is 11.0. The second-order valence-electron chi connectivity index (χ2n) is 6.67. The van der Waals surface area contributed by atoms with E-state index in [0.717, 1.165) is 43.5 Å². The molecule has 6 heteroatoms. The standard InChI is InChI=1S/C17H24N4O2/c1-12-15(13(2)20(3)19-12)16(22)21-9-6-8-17(14(21)11-18)7-4-5-10-23-17/h14H,4-10H2,1-3H3/t14-,17-/m0/s1. The van der Waals surface area contributed by atoms with Gasteiger partial charge in [0.05, 0.1) is 17.3 Å². The number of aromatic nitrogens is 2. The van der Waals surface area contributed by atoms with Crippen molar-refractivity contribution >= 4 is 5.91 Å². The molecule has 0 aliphatic carbocycles. The average Bonchev–Trinajstić information content (AvgIpc) is 2.80. The van der Waals surface area contributed by atoms with Gasteiger partial charge in [0.25, 0.3) is 5.91 Å². The molecule has 1 amide bonds. The molecule has 2 aliphatic rings. The molecule has 23 heavy (non-hydrogen) atoms. The van der Waals surface area contributed by atoms with E-state index in [1.807, 2.05) is 20.9 Å². The van der Waals surface area contributed by atoms with E-state index in [1.54, 1.807) is 9.58 Å². The summed E-state index contributed by atoms with van der Waals surface area (Å²) in [6, 6.07) is 1.85.